The molecule has 0 bridgehead atoms. The number of aryl methyl sites for hydroxylation is 1. The van der Waals surface area contributed by atoms with Crippen LogP contribution in [0.1, 0.15) is 16.8 Å². The van der Waals surface area contributed by atoms with Gasteiger partial charge in [0.05, 0.1) is 0 Å². The molecule has 0 aliphatic carbocycles. The van der Waals surface area contributed by atoms with Crippen molar-refractivity contribution < 1.29 is 8.78 Å². The predicted octanol–water partition coefficient (Wildman–Crippen LogP) is 4.51. The molecule has 0 saturated heterocycles. The molecule has 0 amide bonds. The monoisotopic (exact) mass is 336 g/mol. The van der Waals surface area contributed by atoms with Gasteiger partial charge in [-0.25, -0.2) is 8.78 Å². The average molecular weight is 337 g/mol. The minimum absolute atomic E-state index is 0. The van der Waals surface area contributed by atoms with Crippen LogP contribution in [0.15, 0.2) is 42.5 Å². The SMILES string of the molecule is Cc1[nH]c2ccc(F)cc2c1CCNCc1ccccc1F.Cl. The van der Waals surface area contributed by atoms with Gasteiger partial charge in [0, 0.05) is 28.7 Å². The van der Waals surface area contributed by atoms with Gasteiger partial charge in [-0.05, 0) is 49.7 Å². The Morgan fingerprint density at radius 3 is 2.65 bits per heavy atom. The summed E-state index contributed by atoms with van der Waals surface area (Å²) < 4.78 is 26.9. The molecule has 1 heterocycles. The Kier molecular flexibility index (Phi) is 5.74. The fraction of sp³-hybridized carbons (Fsp3) is 0.222. The zero-order valence-electron chi connectivity index (χ0n) is 12.8. The van der Waals surface area contributed by atoms with E-state index in [0.717, 1.165) is 28.6 Å². The number of aromatic amines is 1. The second kappa shape index (κ2) is 7.57. The summed E-state index contributed by atoms with van der Waals surface area (Å²) in [6, 6.07) is 11.5. The van der Waals surface area contributed by atoms with Gasteiger partial charge < -0.3 is 10.3 Å². The van der Waals surface area contributed by atoms with Gasteiger partial charge in [0.1, 0.15) is 11.6 Å². The molecule has 2 N–H and O–H groups in total. The first-order chi connectivity index (χ1) is 10.6. The highest BCUT2D eigenvalue weighted by Crippen LogP contribution is 2.23. The highest BCUT2D eigenvalue weighted by atomic mass is 35.5. The van der Waals surface area contributed by atoms with Gasteiger partial charge in [-0.15, -0.1) is 12.4 Å². The van der Waals surface area contributed by atoms with E-state index in [4.69, 9.17) is 0 Å². The molecule has 0 radical (unpaired) electrons. The summed E-state index contributed by atoms with van der Waals surface area (Å²) in [7, 11) is 0. The third kappa shape index (κ3) is 3.89. The van der Waals surface area contributed by atoms with Gasteiger partial charge in [0.25, 0.3) is 0 Å². The summed E-state index contributed by atoms with van der Waals surface area (Å²) in [5, 5.41) is 4.16. The number of fused-ring (bicyclic) bond motifs is 1. The molecular weight excluding hydrogens is 318 g/mol. The first-order valence-corrected chi connectivity index (χ1v) is 7.36. The van der Waals surface area contributed by atoms with Crippen LogP contribution in [0.5, 0.6) is 0 Å². The quantitative estimate of drug-likeness (QED) is 0.659. The molecule has 122 valence electrons. The van der Waals surface area contributed by atoms with Crippen molar-refractivity contribution in [1.29, 1.82) is 0 Å². The summed E-state index contributed by atoms with van der Waals surface area (Å²) in [6.07, 6.45) is 0.768. The van der Waals surface area contributed by atoms with Gasteiger partial charge >= 0.3 is 0 Å². The lowest BCUT2D eigenvalue weighted by Crippen LogP contribution is -2.17. The molecule has 0 atom stereocenters. The van der Waals surface area contributed by atoms with E-state index in [1.54, 1.807) is 24.3 Å². The highest BCUT2D eigenvalue weighted by Gasteiger charge is 2.09. The summed E-state index contributed by atoms with van der Waals surface area (Å²) in [4.78, 5) is 3.27. The summed E-state index contributed by atoms with van der Waals surface area (Å²) >= 11 is 0. The minimum atomic E-state index is -0.230. The molecule has 0 fully saturated rings. The molecular formula is C18H19ClF2N2. The van der Waals surface area contributed by atoms with Crippen LogP contribution in [-0.4, -0.2) is 11.5 Å². The maximum absolute atomic E-state index is 13.5. The molecule has 3 rings (SSSR count). The summed E-state index contributed by atoms with van der Waals surface area (Å²) in [6.45, 7) is 3.19. The maximum atomic E-state index is 13.5. The number of halogens is 3. The molecule has 0 saturated carbocycles. The van der Waals surface area contributed by atoms with Gasteiger partial charge in [-0.2, -0.15) is 0 Å². The van der Waals surface area contributed by atoms with Crippen LogP contribution >= 0.6 is 12.4 Å². The normalized spacial score (nSPS) is 10.7. The van der Waals surface area contributed by atoms with Crippen molar-refractivity contribution in [3.8, 4) is 0 Å². The average Bonchev–Trinajstić information content (AvgIpc) is 2.81. The second-order valence-corrected chi connectivity index (χ2v) is 5.44. The van der Waals surface area contributed by atoms with Gasteiger partial charge in [0.2, 0.25) is 0 Å². The van der Waals surface area contributed by atoms with E-state index in [2.05, 4.69) is 10.3 Å². The molecule has 0 aliphatic heterocycles. The fourth-order valence-electron chi connectivity index (χ4n) is 2.75. The number of rotatable bonds is 5. The largest absolute Gasteiger partial charge is 0.358 e. The van der Waals surface area contributed by atoms with Crippen molar-refractivity contribution >= 4 is 23.3 Å². The lowest BCUT2D eigenvalue weighted by atomic mass is 10.1. The van der Waals surface area contributed by atoms with E-state index in [1.165, 1.54) is 12.1 Å². The molecule has 2 nitrogen and oxygen atoms in total. The molecule has 5 heteroatoms. The molecule has 3 aromatic rings. The third-order valence-electron chi connectivity index (χ3n) is 3.91. The van der Waals surface area contributed by atoms with Crippen LogP contribution < -0.4 is 5.32 Å². The summed E-state index contributed by atoms with van der Waals surface area (Å²) in [5.74, 6) is -0.424. The van der Waals surface area contributed by atoms with Crippen LogP contribution in [0.25, 0.3) is 10.9 Å². The Hall–Kier alpha value is -1.91. The zero-order valence-corrected chi connectivity index (χ0v) is 13.6. The number of nitrogens with one attached hydrogen (secondary N) is 2. The minimum Gasteiger partial charge on any atom is -0.358 e. The van der Waals surface area contributed by atoms with Crippen LogP contribution in [0.4, 0.5) is 8.78 Å². The number of H-pyrrole nitrogens is 1. The van der Waals surface area contributed by atoms with E-state index in [0.29, 0.717) is 18.7 Å². The molecule has 1 aromatic heterocycles. The first kappa shape index (κ1) is 17.4. The molecule has 0 unspecified atom stereocenters. The van der Waals surface area contributed by atoms with E-state index in [9.17, 15) is 8.78 Å². The van der Waals surface area contributed by atoms with Crippen LogP contribution in [0, 0.1) is 18.6 Å². The zero-order chi connectivity index (χ0) is 15.5. The van der Waals surface area contributed by atoms with Gasteiger partial charge in [-0.1, -0.05) is 18.2 Å². The van der Waals surface area contributed by atoms with Crippen molar-refractivity contribution in [2.24, 2.45) is 0 Å². The lowest BCUT2D eigenvalue weighted by Gasteiger charge is -2.06. The standard InChI is InChI=1S/C18H18F2N2.ClH/c1-12-15(16-10-14(19)6-7-18(16)22-12)8-9-21-11-13-4-2-3-5-17(13)20;/h2-7,10,21-22H,8-9,11H2,1H3;1H. The maximum Gasteiger partial charge on any atom is 0.127 e. The summed E-state index contributed by atoms with van der Waals surface area (Å²) in [5.41, 5.74) is 3.76. The topological polar surface area (TPSA) is 27.8 Å². The highest BCUT2D eigenvalue weighted by molar-refractivity contribution is 5.85. The van der Waals surface area contributed by atoms with Crippen molar-refractivity contribution in [2.75, 3.05) is 6.54 Å². The van der Waals surface area contributed by atoms with Crippen LogP contribution in [-0.2, 0) is 13.0 Å². The number of aromatic nitrogens is 1. The van der Waals surface area contributed by atoms with Crippen molar-refractivity contribution in [3.63, 3.8) is 0 Å². The van der Waals surface area contributed by atoms with Gasteiger partial charge in [0.15, 0.2) is 0 Å². The van der Waals surface area contributed by atoms with E-state index >= 15 is 0 Å². The van der Waals surface area contributed by atoms with Crippen LogP contribution in [0.2, 0.25) is 0 Å². The molecule has 23 heavy (non-hydrogen) atoms. The van der Waals surface area contributed by atoms with E-state index < -0.39 is 0 Å². The van der Waals surface area contributed by atoms with Crippen molar-refractivity contribution in [3.05, 3.63) is 70.9 Å². The fourth-order valence-corrected chi connectivity index (χ4v) is 2.75. The Labute approximate surface area is 140 Å². The number of benzene rings is 2. The Morgan fingerprint density at radius 1 is 1.09 bits per heavy atom. The Morgan fingerprint density at radius 2 is 1.87 bits per heavy atom. The predicted molar refractivity (Wildman–Crippen MR) is 92.1 cm³/mol. The second-order valence-electron chi connectivity index (χ2n) is 5.44. The third-order valence-corrected chi connectivity index (χ3v) is 3.91. The molecule has 0 spiro atoms. The number of hydrogen-bond donors (Lipinski definition) is 2. The molecule has 2 aromatic carbocycles. The Balaban J connectivity index is 0.00000192. The van der Waals surface area contributed by atoms with E-state index in [1.807, 2.05) is 13.0 Å². The van der Waals surface area contributed by atoms with Crippen molar-refractivity contribution in [2.45, 2.75) is 19.9 Å². The number of hydrogen-bond acceptors (Lipinski definition) is 1. The smallest absolute Gasteiger partial charge is 0.127 e. The Bertz CT molecular complexity index is 799. The van der Waals surface area contributed by atoms with Crippen molar-refractivity contribution in [1.82, 2.24) is 10.3 Å². The van der Waals surface area contributed by atoms with E-state index in [-0.39, 0.29) is 24.0 Å². The first-order valence-electron chi connectivity index (χ1n) is 7.36. The van der Waals surface area contributed by atoms with Crippen LogP contribution in [0.3, 0.4) is 0 Å². The lowest BCUT2D eigenvalue weighted by molar-refractivity contribution is 0.588. The molecule has 0 aliphatic rings. The van der Waals surface area contributed by atoms with Gasteiger partial charge in [-0.3, -0.25) is 0 Å².